The highest BCUT2D eigenvalue weighted by molar-refractivity contribution is 5.95. The van der Waals surface area contributed by atoms with Crippen molar-refractivity contribution in [3.05, 3.63) is 65.9 Å². The Labute approximate surface area is 225 Å². The van der Waals surface area contributed by atoms with E-state index < -0.39 is 42.0 Å². The second-order valence-corrected chi connectivity index (χ2v) is 9.87. The number of likely N-dealkylation sites (tertiary alicyclic amines) is 1. The molecule has 2 heterocycles. The predicted octanol–water partition coefficient (Wildman–Crippen LogP) is 1.05. The van der Waals surface area contributed by atoms with Crippen LogP contribution in [0.4, 0.5) is 0 Å². The predicted molar refractivity (Wildman–Crippen MR) is 144 cm³/mol. The van der Waals surface area contributed by atoms with Gasteiger partial charge in [-0.05, 0) is 49.1 Å². The first-order valence-corrected chi connectivity index (χ1v) is 12.9. The molecule has 0 spiro atoms. The van der Waals surface area contributed by atoms with E-state index in [1.54, 1.807) is 25.3 Å². The zero-order valence-corrected chi connectivity index (χ0v) is 21.6. The molecule has 1 saturated heterocycles. The van der Waals surface area contributed by atoms with E-state index in [4.69, 9.17) is 5.73 Å². The molecule has 11 heteroatoms. The van der Waals surface area contributed by atoms with E-state index >= 15 is 0 Å². The molecule has 0 radical (unpaired) electrons. The number of aromatic hydroxyl groups is 1. The number of hydrogen-bond donors (Lipinski definition) is 6. The van der Waals surface area contributed by atoms with Crippen LogP contribution >= 0.6 is 0 Å². The molecule has 11 nitrogen and oxygen atoms in total. The van der Waals surface area contributed by atoms with E-state index in [0.29, 0.717) is 24.9 Å². The number of fused-ring (bicyclic) bond motifs is 1. The summed E-state index contributed by atoms with van der Waals surface area (Å²) in [5.41, 5.74) is 8.00. The molecule has 4 unspecified atom stereocenters. The number of carboxylic acid groups (broad SMARTS) is 1. The number of carbonyl (C=O) groups is 4. The van der Waals surface area contributed by atoms with Crippen LogP contribution in [0.25, 0.3) is 10.9 Å². The van der Waals surface area contributed by atoms with Gasteiger partial charge in [-0.25, -0.2) is 4.79 Å². The van der Waals surface area contributed by atoms with Crippen LogP contribution in [0, 0.1) is 0 Å². The second-order valence-electron chi connectivity index (χ2n) is 9.87. The summed E-state index contributed by atoms with van der Waals surface area (Å²) in [4.78, 5) is 56.0. The number of phenolic OH excluding ortho intramolecular Hbond substituents is 1. The van der Waals surface area contributed by atoms with E-state index in [9.17, 15) is 29.4 Å². The second kappa shape index (κ2) is 12.0. The number of rotatable bonds is 10. The van der Waals surface area contributed by atoms with Gasteiger partial charge in [-0.1, -0.05) is 30.3 Å². The van der Waals surface area contributed by atoms with Crippen molar-refractivity contribution in [3.8, 4) is 5.75 Å². The molecule has 4 rings (SSSR count). The van der Waals surface area contributed by atoms with Crippen molar-refractivity contribution >= 4 is 34.6 Å². The highest BCUT2D eigenvalue weighted by Gasteiger charge is 2.37. The van der Waals surface area contributed by atoms with Gasteiger partial charge in [0, 0.05) is 36.5 Å². The third kappa shape index (κ3) is 6.55. The monoisotopic (exact) mass is 535 g/mol. The summed E-state index contributed by atoms with van der Waals surface area (Å²) >= 11 is 0. The van der Waals surface area contributed by atoms with Gasteiger partial charge in [-0.15, -0.1) is 0 Å². The lowest BCUT2D eigenvalue weighted by molar-refractivity contribution is -0.143. The fourth-order valence-electron chi connectivity index (χ4n) is 4.90. The van der Waals surface area contributed by atoms with Crippen LogP contribution in [0.1, 0.15) is 30.9 Å². The first-order valence-electron chi connectivity index (χ1n) is 12.9. The number of carboxylic acids is 1. The molecule has 0 bridgehead atoms. The minimum absolute atomic E-state index is 0.0194. The van der Waals surface area contributed by atoms with Crippen molar-refractivity contribution < 1.29 is 29.4 Å². The number of carbonyl (C=O) groups excluding carboxylic acids is 3. The Morgan fingerprint density at radius 1 is 1.05 bits per heavy atom. The standard InChI is InChI=1S/C28H33N5O6/c1-16(29)27(37)33-12-4-7-24(33)26(36)31-22(14-18-15-30-21-6-3-2-5-20(18)21)25(35)32-23(28(38)39)13-17-8-10-19(34)11-9-17/h2-3,5-6,8-11,15-16,22-24,30,34H,4,7,12-14,29H2,1H3,(H,31,36)(H,32,35)(H,38,39). The Bertz CT molecular complexity index is 1350. The van der Waals surface area contributed by atoms with Crippen molar-refractivity contribution in [1.29, 1.82) is 0 Å². The zero-order chi connectivity index (χ0) is 28.1. The molecule has 2 aromatic carbocycles. The third-order valence-corrected chi connectivity index (χ3v) is 6.95. The molecular formula is C28H33N5O6. The van der Waals surface area contributed by atoms with Crippen LogP contribution in [-0.2, 0) is 32.0 Å². The lowest BCUT2D eigenvalue weighted by Gasteiger charge is -2.28. The summed E-state index contributed by atoms with van der Waals surface area (Å²) in [6, 6.07) is 9.64. The van der Waals surface area contributed by atoms with Gasteiger partial charge in [0.05, 0.1) is 6.04 Å². The van der Waals surface area contributed by atoms with Crippen molar-refractivity contribution in [1.82, 2.24) is 20.5 Å². The Morgan fingerprint density at radius 3 is 2.46 bits per heavy atom. The Kier molecular flexibility index (Phi) is 8.50. The van der Waals surface area contributed by atoms with Crippen molar-refractivity contribution in [2.45, 2.75) is 56.8 Å². The number of H-pyrrole nitrogens is 1. The van der Waals surface area contributed by atoms with E-state index in [1.165, 1.54) is 17.0 Å². The SMILES string of the molecule is CC(N)C(=O)N1CCCC1C(=O)NC(Cc1c[nH]c2ccccc12)C(=O)NC(Cc1ccc(O)cc1)C(=O)O. The molecule has 0 aliphatic carbocycles. The number of hydrogen-bond acceptors (Lipinski definition) is 6. The van der Waals surface area contributed by atoms with Crippen LogP contribution in [0.15, 0.2) is 54.7 Å². The number of benzene rings is 2. The lowest BCUT2D eigenvalue weighted by Crippen LogP contribution is -2.57. The molecular weight excluding hydrogens is 502 g/mol. The number of nitrogens with zero attached hydrogens (tertiary/aromatic N) is 1. The average Bonchev–Trinajstić information content (AvgIpc) is 3.56. The minimum atomic E-state index is -1.27. The summed E-state index contributed by atoms with van der Waals surface area (Å²) < 4.78 is 0. The number of phenols is 1. The fraction of sp³-hybridized carbons (Fsp3) is 0.357. The van der Waals surface area contributed by atoms with Gasteiger partial charge in [-0.3, -0.25) is 14.4 Å². The molecule has 1 aromatic heterocycles. The average molecular weight is 536 g/mol. The summed E-state index contributed by atoms with van der Waals surface area (Å²) in [5, 5.41) is 25.5. The van der Waals surface area contributed by atoms with Crippen molar-refractivity contribution in [2.24, 2.45) is 5.73 Å². The number of aliphatic carboxylic acids is 1. The smallest absolute Gasteiger partial charge is 0.326 e. The first-order chi connectivity index (χ1) is 18.6. The van der Waals surface area contributed by atoms with Gasteiger partial charge in [0.2, 0.25) is 17.7 Å². The minimum Gasteiger partial charge on any atom is -0.508 e. The van der Waals surface area contributed by atoms with E-state index in [2.05, 4.69) is 15.6 Å². The number of nitrogens with one attached hydrogen (secondary N) is 3. The van der Waals surface area contributed by atoms with Crippen LogP contribution in [0.2, 0.25) is 0 Å². The maximum absolute atomic E-state index is 13.5. The van der Waals surface area contributed by atoms with Gasteiger partial charge in [-0.2, -0.15) is 0 Å². The molecule has 3 amide bonds. The van der Waals surface area contributed by atoms with Crippen LogP contribution < -0.4 is 16.4 Å². The Morgan fingerprint density at radius 2 is 1.77 bits per heavy atom. The molecule has 1 fully saturated rings. The number of amides is 3. The summed E-state index contributed by atoms with van der Waals surface area (Å²) in [6.45, 7) is 1.95. The van der Waals surface area contributed by atoms with Gasteiger partial charge in [0.25, 0.3) is 0 Å². The van der Waals surface area contributed by atoms with Crippen LogP contribution in [-0.4, -0.2) is 74.5 Å². The van der Waals surface area contributed by atoms with Crippen molar-refractivity contribution in [2.75, 3.05) is 6.54 Å². The molecule has 39 heavy (non-hydrogen) atoms. The quantitative estimate of drug-likeness (QED) is 0.225. The molecule has 1 aliphatic rings. The topological polar surface area (TPSA) is 178 Å². The van der Waals surface area contributed by atoms with Gasteiger partial charge >= 0.3 is 5.97 Å². The molecule has 206 valence electrons. The fourth-order valence-corrected chi connectivity index (χ4v) is 4.90. The number of aromatic amines is 1. The highest BCUT2D eigenvalue weighted by Crippen LogP contribution is 2.21. The number of para-hydroxylation sites is 1. The summed E-state index contributed by atoms with van der Waals surface area (Å²) in [7, 11) is 0. The molecule has 4 atom stereocenters. The lowest BCUT2D eigenvalue weighted by atomic mass is 10.0. The molecule has 1 aliphatic heterocycles. The van der Waals surface area contributed by atoms with Crippen LogP contribution in [0.3, 0.4) is 0 Å². The maximum atomic E-state index is 13.5. The molecule has 7 N–H and O–H groups in total. The zero-order valence-electron chi connectivity index (χ0n) is 21.6. The number of nitrogens with two attached hydrogens (primary N) is 1. The highest BCUT2D eigenvalue weighted by atomic mass is 16.4. The normalized spacial score (nSPS) is 17.4. The molecule has 0 saturated carbocycles. The van der Waals surface area contributed by atoms with Crippen molar-refractivity contribution in [3.63, 3.8) is 0 Å². The van der Waals surface area contributed by atoms with Gasteiger partial charge < -0.3 is 36.5 Å². The largest absolute Gasteiger partial charge is 0.508 e. The van der Waals surface area contributed by atoms with E-state index in [-0.39, 0.29) is 24.5 Å². The van der Waals surface area contributed by atoms with E-state index in [0.717, 1.165) is 16.5 Å². The first kappa shape index (κ1) is 27.6. The summed E-state index contributed by atoms with van der Waals surface area (Å²) in [6.07, 6.45) is 2.90. The molecule has 3 aromatic rings. The number of aromatic nitrogens is 1. The maximum Gasteiger partial charge on any atom is 0.326 e. The van der Waals surface area contributed by atoms with E-state index in [1.807, 2.05) is 24.3 Å². The Balaban J connectivity index is 1.56. The summed E-state index contributed by atoms with van der Waals surface area (Å²) in [5.74, 6) is -2.70. The van der Waals surface area contributed by atoms with Gasteiger partial charge in [0.15, 0.2) is 0 Å². The van der Waals surface area contributed by atoms with Crippen LogP contribution in [0.5, 0.6) is 5.75 Å². The third-order valence-electron chi connectivity index (χ3n) is 6.95. The van der Waals surface area contributed by atoms with Gasteiger partial charge in [0.1, 0.15) is 23.9 Å². The Hall–Kier alpha value is -4.38.